The van der Waals surface area contributed by atoms with Gasteiger partial charge in [0.1, 0.15) is 0 Å². The van der Waals surface area contributed by atoms with Crippen molar-refractivity contribution in [2.75, 3.05) is 4.72 Å². The molecule has 0 saturated carbocycles. The Morgan fingerprint density at radius 3 is 2.65 bits per heavy atom. The molecule has 1 aromatic heterocycles. The van der Waals surface area contributed by atoms with E-state index in [1.165, 1.54) is 18.2 Å². The summed E-state index contributed by atoms with van der Waals surface area (Å²) in [5, 5.41) is 7.12. The summed E-state index contributed by atoms with van der Waals surface area (Å²) < 4.78 is 27.2. The van der Waals surface area contributed by atoms with Gasteiger partial charge in [0.25, 0.3) is 10.0 Å². The fourth-order valence-corrected chi connectivity index (χ4v) is 3.20. The second-order valence-electron chi connectivity index (χ2n) is 4.37. The Kier molecular flexibility index (Phi) is 4.03. The standard InChI is InChI=1S/C12H15ClN4O2S/c1-7-12(8(2)16-15-7)17-20(18,19)10-3-4-11(13)9(5-10)6-14/h3-5,17H,6,14H2,1-2H3,(H,15,16). The number of aryl methyl sites for hydroxylation is 2. The van der Waals surface area contributed by atoms with Crippen LogP contribution in [0.2, 0.25) is 5.02 Å². The summed E-state index contributed by atoms with van der Waals surface area (Å²) in [5.41, 5.74) is 7.80. The Balaban J connectivity index is 2.41. The lowest BCUT2D eigenvalue weighted by atomic mass is 10.2. The fraction of sp³-hybridized carbons (Fsp3) is 0.250. The zero-order valence-corrected chi connectivity index (χ0v) is 12.6. The minimum Gasteiger partial charge on any atom is -0.326 e. The number of halogens is 1. The van der Waals surface area contributed by atoms with E-state index in [2.05, 4.69) is 14.9 Å². The first kappa shape index (κ1) is 14.8. The molecule has 1 aromatic carbocycles. The Labute approximate surface area is 122 Å². The van der Waals surface area contributed by atoms with Gasteiger partial charge < -0.3 is 5.73 Å². The minimum absolute atomic E-state index is 0.113. The number of hydrogen-bond donors (Lipinski definition) is 3. The molecule has 2 aromatic rings. The SMILES string of the molecule is Cc1n[nH]c(C)c1NS(=O)(=O)c1ccc(Cl)c(CN)c1. The minimum atomic E-state index is -3.70. The molecule has 1 heterocycles. The van der Waals surface area contributed by atoms with Gasteiger partial charge in [-0.1, -0.05) is 11.6 Å². The number of aromatic amines is 1. The van der Waals surface area contributed by atoms with Crippen molar-refractivity contribution in [1.82, 2.24) is 10.2 Å². The first-order valence-electron chi connectivity index (χ1n) is 5.88. The summed E-state index contributed by atoms with van der Waals surface area (Å²) >= 11 is 5.93. The highest BCUT2D eigenvalue weighted by atomic mass is 35.5. The van der Waals surface area contributed by atoms with Crippen LogP contribution < -0.4 is 10.5 Å². The first-order chi connectivity index (χ1) is 9.35. The van der Waals surface area contributed by atoms with Gasteiger partial charge in [-0.2, -0.15) is 5.10 Å². The molecule has 0 aliphatic heterocycles. The Bertz CT molecular complexity index is 720. The molecule has 0 saturated heterocycles. The van der Waals surface area contributed by atoms with Crippen LogP contribution in [-0.2, 0) is 16.6 Å². The van der Waals surface area contributed by atoms with Crippen molar-refractivity contribution in [2.45, 2.75) is 25.3 Å². The molecule has 8 heteroatoms. The first-order valence-corrected chi connectivity index (χ1v) is 7.74. The monoisotopic (exact) mass is 314 g/mol. The molecular weight excluding hydrogens is 300 g/mol. The molecule has 108 valence electrons. The zero-order chi connectivity index (χ0) is 14.9. The van der Waals surface area contributed by atoms with Gasteiger partial charge in [0.15, 0.2) is 0 Å². The van der Waals surface area contributed by atoms with Crippen LogP contribution in [0.1, 0.15) is 17.0 Å². The van der Waals surface area contributed by atoms with Crippen LogP contribution in [-0.4, -0.2) is 18.6 Å². The van der Waals surface area contributed by atoms with Crippen LogP contribution in [0, 0.1) is 13.8 Å². The predicted molar refractivity (Wildman–Crippen MR) is 78.2 cm³/mol. The van der Waals surface area contributed by atoms with Crippen LogP contribution in [0.25, 0.3) is 0 Å². The van der Waals surface area contributed by atoms with E-state index < -0.39 is 10.0 Å². The summed E-state index contributed by atoms with van der Waals surface area (Å²) in [6.07, 6.45) is 0. The van der Waals surface area contributed by atoms with E-state index in [1.807, 2.05) is 0 Å². The highest BCUT2D eigenvalue weighted by Gasteiger charge is 2.19. The number of nitrogens with two attached hydrogens (primary N) is 1. The maximum atomic E-state index is 12.3. The quantitative estimate of drug-likeness (QED) is 0.802. The summed E-state index contributed by atoms with van der Waals surface area (Å²) in [6.45, 7) is 3.63. The largest absolute Gasteiger partial charge is 0.326 e. The van der Waals surface area contributed by atoms with Crippen LogP contribution in [0.5, 0.6) is 0 Å². The summed E-state index contributed by atoms with van der Waals surface area (Å²) in [6, 6.07) is 4.43. The van der Waals surface area contributed by atoms with Gasteiger partial charge in [-0.25, -0.2) is 8.42 Å². The highest BCUT2D eigenvalue weighted by molar-refractivity contribution is 7.92. The van der Waals surface area contributed by atoms with Gasteiger partial charge in [0, 0.05) is 11.6 Å². The number of nitrogens with zero attached hydrogens (tertiary/aromatic N) is 1. The van der Waals surface area contributed by atoms with Crippen molar-refractivity contribution in [3.05, 3.63) is 40.2 Å². The maximum Gasteiger partial charge on any atom is 0.262 e. The maximum absolute atomic E-state index is 12.3. The van der Waals surface area contributed by atoms with Gasteiger partial charge in [0.2, 0.25) is 0 Å². The molecule has 0 spiro atoms. The third-order valence-electron chi connectivity index (χ3n) is 2.91. The van der Waals surface area contributed by atoms with Gasteiger partial charge in [0.05, 0.1) is 22.0 Å². The van der Waals surface area contributed by atoms with E-state index in [0.717, 1.165) is 0 Å². The number of rotatable bonds is 4. The Morgan fingerprint density at radius 1 is 1.40 bits per heavy atom. The summed E-state index contributed by atoms with van der Waals surface area (Å²) in [5.74, 6) is 0. The number of hydrogen-bond acceptors (Lipinski definition) is 4. The third kappa shape index (κ3) is 2.79. The van der Waals surface area contributed by atoms with E-state index >= 15 is 0 Å². The van der Waals surface area contributed by atoms with E-state index in [0.29, 0.717) is 27.7 Å². The van der Waals surface area contributed by atoms with Crippen LogP contribution in [0.3, 0.4) is 0 Å². The molecule has 0 aliphatic carbocycles. The summed E-state index contributed by atoms with van der Waals surface area (Å²) in [7, 11) is -3.70. The molecule has 0 atom stereocenters. The third-order valence-corrected chi connectivity index (χ3v) is 4.63. The lowest BCUT2D eigenvalue weighted by molar-refractivity contribution is 0.601. The Morgan fingerprint density at radius 2 is 2.10 bits per heavy atom. The van der Waals surface area contributed by atoms with Crippen molar-refractivity contribution in [3.8, 4) is 0 Å². The van der Waals surface area contributed by atoms with Crippen LogP contribution in [0.4, 0.5) is 5.69 Å². The second-order valence-corrected chi connectivity index (χ2v) is 6.46. The molecule has 0 unspecified atom stereocenters. The van der Waals surface area contributed by atoms with Gasteiger partial charge >= 0.3 is 0 Å². The van der Waals surface area contributed by atoms with Gasteiger partial charge in [-0.15, -0.1) is 0 Å². The van der Waals surface area contributed by atoms with Crippen LogP contribution in [0.15, 0.2) is 23.1 Å². The average molecular weight is 315 g/mol. The van der Waals surface area contributed by atoms with E-state index in [4.69, 9.17) is 17.3 Å². The molecule has 0 bridgehead atoms. The number of anilines is 1. The topological polar surface area (TPSA) is 101 Å². The number of sulfonamides is 1. The van der Waals surface area contributed by atoms with E-state index in [9.17, 15) is 8.42 Å². The molecule has 0 amide bonds. The molecule has 0 aliphatic rings. The second kappa shape index (κ2) is 5.43. The van der Waals surface area contributed by atoms with Gasteiger partial charge in [-0.05, 0) is 37.6 Å². The Hall–Kier alpha value is -1.57. The zero-order valence-electron chi connectivity index (χ0n) is 11.1. The molecule has 6 nitrogen and oxygen atoms in total. The van der Waals surface area contributed by atoms with Crippen molar-refractivity contribution < 1.29 is 8.42 Å². The molecule has 2 rings (SSSR count). The average Bonchev–Trinajstić information content (AvgIpc) is 2.70. The molecule has 4 N–H and O–H groups in total. The highest BCUT2D eigenvalue weighted by Crippen LogP contribution is 2.24. The number of H-pyrrole nitrogens is 1. The number of nitrogens with one attached hydrogen (secondary N) is 2. The van der Waals surface area contributed by atoms with Crippen molar-refractivity contribution in [3.63, 3.8) is 0 Å². The molecule has 0 fully saturated rings. The van der Waals surface area contributed by atoms with Crippen molar-refractivity contribution in [1.29, 1.82) is 0 Å². The molecular formula is C12H15ClN4O2S. The molecule has 0 radical (unpaired) electrons. The normalized spacial score (nSPS) is 11.6. The van der Waals surface area contributed by atoms with E-state index in [1.54, 1.807) is 13.8 Å². The molecule has 20 heavy (non-hydrogen) atoms. The lowest BCUT2D eigenvalue weighted by Gasteiger charge is -2.10. The number of aromatic nitrogens is 2. The summed E-state index contributed by atoms with van der Waals surface area (Å²) in [4.78, 5) is 0.113. The van der Waals surface area contributed by atoms with Crippen LogP contribution >= 0.6 is 11.6 Å². The van der Waals surface area contributed by atoms with Crippen molar-refractivity contribution in [2.24, 2.45) is 5.73 Å². The smallest absolute Gasteiger partial charge is 0.262 e. The predicted octanol–water partition coefficient (Wildman–Crippen LogP) is 1.94. The van der Waals surface area contributed by atoms with E-state index in [-0.39, 0.29) is 11.4 Å². The van der Waals surface area contributed by atoms with Gasteiger partial charge in [-0.3, -0.25) is 9.82 Å². The lowest BCUT2D eigenvalue weighted by Crippen LogP contribution is -2.14. The number of benzene rings is 1. The van der Waals surface area contributed by atoms with Crippen molar-refractivity contribution >= 4 is 27.3 Å². The fourth-order valence-electron chi connectivity index (χ4n) is 1.77.